The van der Waals surface area contributed by atoms with Crippen molar-refractivity contribution in [2.24, 2.45) is 0 Å². The first-order valence-corrected chi connectivity index (χ1v) is 5.09. The summed E-state index contributed by atoms with van der Waals surface area (Å²) in [4.78, 5) is 14.5. The Bertz CT molecular complexity index is 606. The Morgan fingerprint density at radius 2 is 2.22 bits per heavy atom. The summed E-state index contributed by atoms with van der Waals surface area (Å²) >= 11 is 0. The summed E-state index contributed by atoms with van der Waals surface area (Å²) in [6.45, 7) is 1.77. The molecular formula is C11H11N3O4. The normalized spacial score (nSPS) is 10.3. The molecule has 0 atom stereocenters. The molecule has 1 N–H and O–H groups in total. The van der Waals surface area contributed by atoms with E-state index in [4.69, 9.17) is 4.74 Å². The van der Waals surface area contributed by atoms with Gasteiger partial charge in [-0.05, 0) is 6.92 Å². The minimum atomic E-state index is -0.553. The molecule has 1 aromatic heterocycles. The number of aromatic nitrogens is 2. The molecule has 0 aliphatic carbocycles. The SMILES string of the molecule is COc1cc(O)cc(-n2cnc(C)c2)c1[N+](=O)[O-]. The fourth-order valence-electron chi connectivity index (χ4n) is 1.67. The molecule has 0 saturated heterocycles. The van der Waals surface area contributed by atoms with Crippen molar-refractivity contribution in [1.82, 2.24) is 9.55 Å². The fourth-order valence-corrected chi connectivity index (χ4v) is 1.67. The van der Waals surface area contributed by atoms with Gasteiger partial charge in [0.25, 0.3) is 0 Å². The van der Waals surface area contributed by atoms with Gasteiger partial charge in [0.2, 0.25) is 5.75 Å². The molecule has 0 saturated carbocycles. The van der Waals surface area contributed by atoms with Crippen LogP contribution < -0.4 is 4.74 Å². The lowest BCUT2D eigenvalue weighted by Crippen LogP contribution is -2.01. The highest BCUT2D eigenvalue weighted by atomic mass is 16.6. The molecule has 0 spiro atoms. The lowest BCUT2D eigenvalue weighted by Gasteiger charge is -2.08. The molecule has 7 nitrogen and oxygen atoms in total. The molecule has 2 rings (SSSR count). The summed E-state index contributed by atoms with van der Waals surface area (Å²) in [7, 11) is 1.31. The molecule has 1 aromatic carbocycles. The number of hydrogen-bond donors (Lipinski definition) is 1. The van der Waals surface area contributed by atoms with Crippen LogP contribution in [0, 0.1) is 17.0 Å². The molecule has 18 heavy (non-hydrogen) atoms. The number of aromatic hydroxyl groups is 1. The number of nitro benzene ring substituents is 1. The number of phenols is 1. The van der Waals surface area contributed by atoms with Crippen LogP contribution in [0.25, 0.3) is 5.69 Å². The van der Waals surface area contributed by atoms with Crippen LogP contribution in [-0.2, 0) is 0 Å². The Hall–Kier alpha value is -2.57. The molecular weight excluding hydrogens is 238 g/mol. The van der Waals surface area contributed by atoms with Gasteiger partial charge in [-0.2, -0.15) is 0 Å². The predicted molar refractivity (Wildman–Crippen MR) is 63.2 cm³/mol. The lowest BCUT2D eigenvalue weighted by molar-refractivity contribution is -0.385. The quantitative estimate of drug-likeness (QED) is 0.661. The molecule has 0 radical (unpaired) electrons. The van der Waals surface area contributed by atoms with E-state index in [2.05, 4.69) is 4.98 Å². The van der Waals surface area contributed by atoms with E-state index in [1.165, 1.54) is 30.1 Å². The summed E-state index contributed by atoms with van der Waals surface area (Å²) in [5.74, 6) is -0.111. The molecule has 0 fully saturated rings. The maximum atomic E-state index is 11.1. The zero-order chi connectivity index (χ0) is 13.3. The summed E-state index contributed by atoms with van der Waals surface area (Å²) in [5.41, 5.74) is 0.705. The van der Waals surface area contributed by atoms with Gasteiger partial charge >= 0.3 is 5.69 Å². The van der Waals surface area contributed by atoms with Crippen LogP contribution in [0.5, 0.6) is 11.5 Å². The molecule has 0 aliphatic heterocycles. The van der Waals surface area contributed by atoms with E-state index in [9.17, 15) is 15.2 Å². The number of rotatable bonds is 3. The first kappa shape index (κ1) is 11.9. The Labute approximate surface area is 102 Å². The number of nitrogens with zero attached hydrogens (tertiary/aromatic N) is 3. The molecule has 94 valence electrons. The third kappa shape index (κ3) is 1.97. The molecule has 2 aromatic rings. The number of benzene rings is 1. The summed E-state index contributed by atoms with van der Waals surface area (Å²) < 4.78 is 6.39. The smallest absolute Gasteiger partial charge is 0.334 e. The van der Waals surface area contributed by atoms with E-state index in [1.807, 2.05) is 0 Å². The van der Waals surface area contributed by atoms with Gasteiger partial charge < -0.3 is 9.84 Å². The van der Waals surface area contributed by atoms with Crippen molar-refractivity contribution in [3.05, 3.63) is 40.5 Å². The molecule has 0 unspecified atom stereocenters. The number of imidazole rings is 1. The zero-order valence-electron chi connectivity index (χ0n) is 9.82. The van der Waals surface area contributed by atoms with Gasteiger partial charge in [0.15, 0.2) is 0 Å². The average molecular weight is 249 g/mol. The van der Waals surface area contributed by atoms with Crippen molar-refractivity contribution in [2.75, 3.05) is 7.11 Å². The van der Waals surface area contributed by atoms with Crippen LogP contribution in [0.4, 0.5) is 5.69 Å². The highest BCUT2D eigenvalue weighted by molar-refractivity contribution is 5.64. The van der Waals surface area contributed by atoms with Gasteiger partial charge in [-0.25, -0.2) is 4.98 Å². The monoisotopic (exact) mass is 249 g/mol. The van der Waals surface area contributed by atoms with E-state index < -0.39 is 4.92 Å². The Morgan fingerprint density at radius 1 is 1.50 bits per heavy atom. The van der Waals surface area contributed by atoms with Crippen LogP contribution in [-0.4, -0.2) is 26.7 Å². The van der Waals surface area contributed by atoms with Crippen molar-refractivity contribution in [2.45, 2.75) is 6.92 Å². The number of methoxy groups -OCH3 is 1. The van der Waals surface area contributed by atoms with Crippen molar-refractivity contribution >= 4 is 5.69 Å². The average Bonchev–Trinajstić information content (AvgIpc) is 2.74. The third-order valence-corrected chi connectivity index (χ3v) is 2.43. The van der Waals surface area contributed by atoms with Gasteiger partial charge in [0.05, 0.1) is 24.1 Å². The molecule has 0 aliphatic rings. The Kier molecular flexibility index (Phi) is 2.88. The number of aryl methyl sites for hydroxylation is 1. The van der Waals surface area contributed by atoms with E-state index in [0.29, 0.717) is 5.69 Å². The number of nitro groups is 1. The van der Waals surface area contributed by atoms with Gasteiger partial charge in [-0.3, -0.25) is 14.7 Å². The first-order chi connectivity index (χ1) is 8.52. The van der Waals surface area contributed by atoms with E-state index in [0.717, 1.165) is 0 Å². The highest BCUT2D eigenvalue weighted by Gasteiger charge is 2.23. The van der Waals surface area contributed by atoms with Crippen molar-refractivity contribution in [3.8, 4) is 17.2 Å². The minimum absolute atomic E-state index is 0.00125. The molecule has 1 heterocycles. The Morgan fingerprint density at radius 3 is 2.72 bits per heavy atom. The second-order valence-corrected chi connectivity index (χ2v) is 3.70. The van der Waals surface area contributed by atoms with Crippen LogP contribution in [0.1, 0.15) is 5.69 Å². The van der Waals surface area contributed by atoms with Gasteiger partial charge in [-0.15, -0.1) is 0 Å². The lowest BCUT2D eigenvalue weighted by atomic mass is 10.2. The first-order valence-electron chi connectivity index (χ1n) is 5.09. The van der Waals surface area contributed by atoms with Crippen LogP contribution in [0.3, 0.4) is 0 Å². The highest BCUT2D eigenvalue weighted by Crippen LogP contribution is 2.37. The largest absolute Gasteiger partial charge is 0.508 e. The van der Waals surface area contributed by atoms with E-state index in [1.54, 1.807) is 13.1 Å². The van der Waals surface area contributed by atoms with Crippen LogP contribution >= 0.6 is 0 Å². The Balaban J connectivity index is 2.72. The van der Waals surface area contributed by atoms with Gasteiger partial charge in [-0.1, -0.05) is 0 Å². The second-order valence-electron chi connectivity index (χ2n) is 3.70. The third-order valence-electron chi connectivity index (χ3n) is 2.43. The van der Waals surface area contributed by atoms with Crippen molar-refractivity contribution in [1.29, 1.82) is 0 Å². The summed E-state index contributed by atoms with van der Waals surface area (Å²) in [5, 5.41) is 20.7. The molecule has 0 amide bonds. The van der Waals surface area contributed by atoms with E-state index in [-0.39, 0.29) is 22.9 Å². The standard InChI is InChI=1S/C11H11N3O4/c1-7-5-13(6-12-7)9-3-8(15)4-10(18-2)11(9)14(16)17/h3-6,15H,1-2H3. The van der Waals surface area contributed by atoms with Gasteiger partial charge in [0.1, 0.15) is 11.4 Å². The van der Waals surface area contributed by atoms with Gasteiger partial charge in [0, 0.05) is 18.3 Å². The number of hydrogen-bond acceptors (Lipinski definition) is 5. The number of phenolic OH excluding ortho intramolecular Hbond substituents is 1. The van der Waals surface area contributed by atoms with Crippen molar-refractivity contribution in [3.63, 3.8) is 0 Å². The molecule has 7 heteroatoms. The topological polar surface area (TPSA) is 90.4 Å². The van der Waals surface area contributed by atoms with Crippen LogP contribution in [0.15, 0.2) is 24.7 Å². The molecule has 0 bridgehead atoms. The minimum Gasteiger partial charge on any atom is -0.508 e. The van der Waals surface area contributed by atoms with Crippen LogP contribution in [0.2, 0.25) is 0 Å². The maximum absolute atomic E-state index is 11.1. The summed E-state index contributed by atoms with van der Waals surface area (Å²) in [6, 6.07) is 2.49. The zero-order valence-corrected chi connectivity index (χ0v) is 9.82. The maximum Gasteiger partial charge on any atom is 0.334 e. The van der Waals surface area contributed by atoms with E-state index >= 15 is 0 Å². The predicted octanol–water partition coefficient (Wildman–Crippen LogP) is 1.80. The summed E-state index contributed by atoms with van der Waals surface area (Å²) in [6.07, 6.45) is 3.07. The fraction of sp³-hybridized carbons (Fsp3) is 0.182. The number of ether oxygens (including phenoxy) is 1. The van der Waals surface area contributed by atoms with Crippen molar-refractivity contribution < 1.29 is 14.8 Å². The second kappa shape index (κ2) is 4.36.